The van der Waals surface area contributed by atoms with Gasteiger partial charge in [-0.15, -0.1) is 0 Å². The monoisotopic (exact) mass is 368 g/mol. The first-order chi connectivity index (χ1) is 12.9. The highest BCUT2D eigenvalue weighted by Gasteiger charge is 2.43. The molecule has 0 N–H and O–H groups in total. The summed E-state index contributed by atoms with van der Waals surface area (Å²) in [5, 5.41) is 0. The Morgan fingerprint density at radius 2 is 2.00 bits per heavy atom. The van der Waals surface area contributed by atoms with Crippen LogP contribution in [0.25, 0.3) is 5.57 Å². The number of fused-ring (bicyclic) bond motifs is 2. The van der Waals surface area contributed by atoms with Gasteiger partial charge in [-0.3, -0.25) is 19.3 Å². The summed E-state index contributed by atoms with van der Waals surface area (Å²) in [6.07, 6.45) is 2.89. The Hall–Kier alpha value is -2.47. The molecule has 6 nitrogen and oxygen atoms in total. The van der Waals surface area contributed by atoms with Crippen LogP contribution in [0.3, 0.4) is 0 Å². The molecule has 4 rings (SSSR count). The van der Waals surface area contributed by atoms with E-state index in [0.29, 0.717) is 13.1 Å². The third-order valence-corrected chi connectivity index (χ3v) is 5.97. The van der Waals surface area contributed by atoms with E-state index in [1.54, 1.807) is 4.90 Å². The Bertz CT molecular complexity index is 860. The van der Waals surface area contributed by atoms with Crippen molar-refractivity contribution in [2.45, 2.75) is 31.7 Å². The van der Waals surface area contributed by atoms with Gasteiger partial charge in [-0.2, -0.15) is 0 Å². The van der Waals surface area contributed by atoms with Crippen LogP contribution >= 0.6 is 0 Å². The summed E-state index contributed by atoms with van der Waals surface area (Å²) in [6, 6.07) is 6.22. The predicted molar refractivity (Wildman–Crippen MR) is 101 cm³/mol. The highest BCUT2D eigenvalue weighted by molar-refractivity contribution is 6.06. The molecule has 2 aliphatic heterocycles. The van der Waals surface area contributed by atoms with Gasteiger partial charge in [-0.1, -0.05) is 18.2 Å². The number of likely N-dealkylation sites (N-methyl/N-ethyl adjacent to an activating group) is 1. The van der Waals surface area contributed by atoms with Crippen LogP contribution in [-0.2, 0) is 19.1 Å². The van der Waals surface area contributed by atoms with Crippen LogP contribution in [0.4, 0.5) is 5.69 Å². The second-order valence-electron chi connectivity index (χ2n) is 7.76. The summed E-state index contributed by atoms with van der Waals surface area (Å²) in [5.41, 5.74) is 4.35. The molecule has 0 spiro atoms. The van der Waals surface area contributed by atoms with Crippen molar-refractivity contribution in [3.8, 4) is 0 Å². The third kappa shape index (κ3) is 2.88. The molecule has 1 aromatic rings. The molecule has 6 heteroatoms. The second-order valence-corrected chi connectivity index (χ2v) is 7.76. The molecule has 142 valence electrons. The summed E-state index contributed by atoms with van der Waals surface area (Å²) in [4.78, 5) is 40.1. The van der Waals surface area contributed by atoms with E-state index in [4.69, 9.17) is 4.74 Å². The first kappa shape index (κ1) is 17.9. The SMILES string of the molecule is COC(=O)[C@@H]1C=C2c3cccc4c3C(C[C@H]2N(C)C1)CN4C(=O)CC(C)=O. The van der Waals surface area contributed by atoms with Gasteiger partial charge in [0.1, 0.15) is 5.78 Å². The van der Waals surface area contributed by atoms with Gasteiger partial charge in [0.25, 0.3) is 0 Å². The summed E-state index contributed by atoms with van der Waals surface area (Å²) in [5.74, 6) is -0.501. The van der Waals surface area contributed by atoms with E-state index in [1.165, 1.54) is 19.6 Å². The number of hydrogen-bond donors (Lipinski definition) is 0. The van der Waals surface area contributed by atoms with Gasteiger partial charge in [-0.25, -0.2) is 0 Å². The Morgan fingerprint density at radius 1 is 1.22 bits per heavy atom. The zero-order valence-corrected chi connectivity index (χ0v) is 15.9. The van der Waals surface area contributed by atoms with Crippen LogP contribution in [0.2, 0.25) is 0 Å². The van der Waals surface area contributed by atoms with Crippen molar-refractivity contribution >= 4 is 28.9 Å². The second kappa shape index (κ2) is 6.60. The van der Waals surface area contributed by atoms with Gasteiger partial charge < -0.3 is 9.64 Å². The molecule has 1 aliphatic carbocycles. The highest BCUT2D eigenvalue weighted by atomic mass is 16.5. The number of amides is 1. The number of anilines is 1. The molecule has 0 saturated heterocycles. The Labute approximate surface area is 158 Å². The fraction of sp³-hybridized carbons (Fsp3) is 0.476. The van der Waals surface area contributed by atoms with Gasteiger partial charge in [0.15, 0.2) is 0 Å². The number of benzene rings is 1. The summed E-state index contributed by atoms with van der Waals surface area (Å²) in [7, 11) is 3.46. The van der Waals surface area contributed by atoms with Gasteiger partial charge >= 0.3 is 5.97 Å². The van der Waals surface area contributed by atoms with E-state index >= 15 is 0 Å². The van der Waals surface area contributed by atoms with Crippen molar-refractivity contribution in [1.82, 2.24) is 4.90 Å². The Morgan fingerprint density at radius 3 is 2.70 bits per heavy atom. The average molecular weight is 368 g/mol. The number of ketones is 1. The summed E-state index contributed by atoms with van der Waals surface area (Å²) < 4.78 is 4.95. The predicted octanol–water partition coefficient (Wildman–Crippen LogP) is 1.99. The van der Waals surface area contributed by atoms with Crippen LogP contribution in [-0.4, -0.2) is 55.8 Å². The van der Waals surface area contributed by atoms with Crippen molar-refractivity contribution in [3.63, 3.8) is 0 Å². The van der Waals surface area contributed by atoms with E-state index in [2.05, 4.69) is 11.0 Å². The topological polar surface area (TPSA) is 66.9 Å². The number of esters is 1. The van der Waals surface area contributed by atoms with Gasteiger partial charge in [0.05, 0.1) is 19.4 Å². The van der Waals surface area contributed by atoms with E-state index in [9.17, 15) is 14.4 Å². The lowest BCUT2D eigenvalue weighted by Crippen LogP contribution is -2.45. The first-order valence-electron chi connectivity index (χ1n) is 9.33. The Kier molecular flexibility index (Phi) is 4.38. The van der Waals surface area contributed by atoms with Crippen molar-refractivity contribution in [1.29, 1.82) is 0 Å². The molecule has 1 amide bonds. The average Bonchev–Trinajstić information content (AvgIpc) is 3.01. The fourth-order valence-electron chi connectivity index (χ4n) is 4.81. The van der Waals surface area contributed by atoms with Crippen molar-refractivity contribution < 1.29 is 19.1 Å². The number of hydrogen-bond acceptors (Lipinski definition) is 5. The number of ether oxygens (including phenoxy) is 1. The minimum Gasteiger partial charge on any atom is -0.469 e. The largest absolute Gasteiger partial charge is 0.469 e. The van der Waals surface area contributed by atoms with Crippen molar-refractivity contribution in [2.24, 2.45) is 5.92 Å². The Balaban J connectivity index is 1.77. The van der Waals surface area contributed by atoms with Crippen LogP contribution < -0.4 is 4.90 Å². The van der Waals surface area contributed by atoms with E-state index in [1.807, 2.05) is 25.3 Å². The minimum absolute atomic E-state index is 0.0627. The lowest BCUT2D eigenvalue weighted by atomic mass is 9.74. The van der Waals surface area contributed by atoms with Crippen molar-refractivity contribution in [3.05, 3.63) is 35.4 Å². The fourth-order valence-corrected chi connectivity index (χ4v) is 4.81. The summed E-state index contributed by atoms with van der Waals surface area (Å²) in [6.45, 7) is 2.70. The van der Waals surface area contributed by atoms with Crippen LogP contribution in [0.1, 0.15) is 36.8 Å². The molecule has 0 fully saturated rings. The molecule has 0 radical (unpaired) electrons. The van der Waals surface area contributed by atoms with Crippen LogP contribution in [0.5, 0.6) is 0 Å². The molecule has 0 aromatic heterocycles. The first-order valence-corrected chi connectivity index (χ1v) is 9.33. The molecule has 0 bridgehead atoms. The maximum atomic E-state index is 12.6. The standard InChI is InChI=1S/C21H24N2O4/c1-12(24)7-19(25)23-11-13-9-18-16(15-5-4-6-17(23)20(13)15)8-14(10-22(18)2)21(26)27-3/h4-6,8,13-14,18H,7,9-11H2,1-3H3/t13?,14-,18-/m1/s1. The van der Waals surface area contributed by atoms with E-state index in [0.717, 1.165) is 23.2 Å². The number of Topliss-reactive ketones (excluding diaryl/α,β-unsaturated/α-hetero) is 1. The normalized spacial score (nSPS) is 26.1. The maximum Gasteiger partial charge on any atom is 0.313 e. The molecule has 1 unspecified atom stereocenters. The summed E-state index contributed by atoms with van der Waals surface area (Å²) >= 11 is 0. The quantitative estimate of drug-likeness (QED) is 0.603. The molecule has 27 heavy (non-hydrogen) atoms. The third-order valence-electron chi connectivity index (χ3n) is 5.97. The molecule has 1 aromatic carbocycles. The van der Waals surface area contributed by atoms with Crippen LogP contribution in [0, 0.1) is 5.92 Å². The van der Waals surface area contributed by atoms with Gasteiger partial charge in [0.2, 0.25) is 5.91 Å². The molecule has 3 aliphatic rings. The lowest BCUT2D eigenvalue weighted by Gasteiger charge is -2.41. The molecule has 3 atom stereocenters. The minimum atomic E-state index is -0.282. The van der Waals surface area contributed by atoms with Crippen LogP contribution in [0.15, 0.2) is 24.3 Å². The lowest BCUT2D eigenvalue weighted by molar-refractivity contribution is -0.144. The molecular formula is C21H24N2O4. The van der Waals surface area contributed by atoms with Gasteiger partial charge in [-0.05, 0) is 43.2 Å². The molecule has 0 saturated carbocycles. The molecule has 2 heterocycles. The van der Waals surface area contributed by atoms with E-state index in [-0.39, 0.29) is 42.0 Å². The maximum absolute atomic E-state index is 12.6. The zero-order valence-electron chi connectivity index (χ0n) is 15.9. The molecular weight excluding hydrogens is 344 g/mol. The van der Waals surface area contributed by atoms with E-state index < -0.39 is 0 Å². The van der Waals surface area contributed by atoms with Crippen molar-refractivity contribution in [2.75, 3.05) is 32.1 Å². The smallest absolute Gasteiger partial charge is 0.313 e. The number of methoxy groups -OCH3 is 1. The number of carbonyl (C=O) groups excluding carboxylic acids is 3. The highest BCUT2D eigenvalue weighted by Crippen LogP contribution is 2.50. The number of rotatable bonds is 3. The number of carbonyl (C=O) groups is 3. The van der Waals surface area contributed by atoms with Gasteiger partial charge in [0, 0.05) is 30.7 Å². The zero-order chi connectivity index (χ0) is 19.3. The number of nitrogens with zero attached hydrogens (tertiary/aromatic N) is 2.